The number of carbonyl (C=O) groups excluding carboxylic acids is 4. The summed E-state index contributed by atoms with van der Waals surface area (Å²) in [5, 5.41) is 23.1. The maximum absolute atomic E-state index is 13.1. The number of H-pyrrole nitrogens is 1. The van der Waals surface area contributed by atoms with Crippen LogP contribution in [0.5, 0.6) is 0 Å². The van der Waals surface area contributed by atoms with Crippen molar-refractivity contribution >= 4 is 35.6 Å². The minimum Gasteiger partial charge on any atom is -0.481 e. The lowest BCUT2D eigenvalue weighted by Crippen LogP contribution is -2.57. The number of carbonyl (C=O) groups is 6. The van der Waals surface area contributed by atoms with E-state index in [4.69, 9.17) is 16.6 Å². The number of rotatable bonds is 14. The lowest BCUT2D eigenvalue weighted by atomic mass is 10.1. The zero-order valence-corrected chi connectivity index (χ0v) is 19.5. The maximum Gasteiger partial charge on any atom is 0.326 e. The van der Waals surface area contributed by atoms with Gasteiger partial charge in [0.2, 0.25) is 23.6 Å². The van der Waals surface area contributed by atoms with Crippen LogP contribution < -0.4 is 22.1 Å². The molecule has 1 saturated heterocycles. The second kappa shape index (κ2) is 13.2. The predicted molar refractivity (Wildman–Crippen MR) is 122 cm³/mol. The normalized spacial score (nSPS) is 17.6. The van der Waals surface area contributed by atoms with Gasteiger partial charge in [0.05, 0.1) is 12.4 Å². The average Bonchev–Trinajstić information content (AvgIpc) is 3.50. The Kier molecular flexibility index (Phi) is 10.3. The van der Waals surface area contributed by atoms with Crippen LogP contribution in [0.15, 0.2) is 12.5 Å². The summed E-state index contributed by atoms with van der Waals surface area (Å²) in [6, 6.07) is -4.68. The Hall–Kier alpha value is -4.01. The van der Waals surface area contributed by atoms with Crippen molar-refractivity contribution in [2.45, 2.75) is 69.1 Å². The van der Waals surface area contributed by atoms with Gasteiger partial charge >= 0.3 is 11.9 Å². The molecule has 0 saturated carbocycles. The number of aromatic amines is 1. The Balaban J connectivity index is 2.13. The van der Waals surface area contributed by atoms with Gasteiger partial charge in [0, 0.05) is 37.7 Å². The molecule has 1 aliphatic rings. The predicted octanol–water partition coefficient (Wildman–Crippen LogP) is -2.54. The molecule has 4 unspecified atom stereocenters. The van der Waals surface area contributed by atoms with Gasteiger partial charge in [-0.15, -0.1) is 0 Å². The summed E-state index contributed by atoms with van der Waals surface area (Å²) in [6.45, 7) is 0.239. The summed E-state index contributed by atoms with van der Waals surface area (Å²) in [6.07, 6.45) is 2.65. The van der Waals surface area contributed by atoms with Crippen molar-refractivity contribution in [3.8, 4) is 0 Å². The van der Waals surface area contributed by atoms with E-state index < -0.39 is 59.7 Å². The number of nitrogens with two attached hydrogens (primary N) is 2. The molecule has 1 fully saturated rings. The van der Waals surface area contributed by atoms with Gasteiger partial charge in [-0.05, 0) is 25.7 Å². The van der Waals surface area contributed by atoms with Gasteiger partial charge in [0.1, 0.15) is 18.1 Å². The van der Waals surface area contributed by atoms with E-state index in [2.05, 4.69) is 20.6 Å². The highest BCUT2D eigenvalue weighted by Gasteiger charge is 2.38. The minimum absolute atomic E-state index is 0.0570. The van der Waals surface area contributed by atoms with Crippen LogP contribution in [0.2, 0.25) is 0 Å². The number of primary amides is 1. The molecule has 0 radical (unpaired) electrons. The fraction of sp³-hybridized carbons (Fsp3) is 0.571. The molecule has 0 spiro atoms. The van der Waals surface area contributed by atoms with Crippen molar-refractivity contribution < 1.29 is 39.0 Å². The smallest absolute Gasteiger partial charge is 0.326 e. The number of amides is 4. The van der Waals surface area contributed by atoms with E-state index in [9.17, 15) is 33.9 Å². The molecule has 198 valence electrons. The molecular weight excluding hydrogens is 478 g/mol. The van der Waals surface area contributed by atoms with Crippen molar-refractivity contribution in [3.63, 3.8) is 0 Å². The van der Waals surface area contributed by atoms with E-state index in [-0.39, 0.29) is 38.6 Å². The van der Waals surface area contributed by atoms with Crippen LogP contribution in [-0.2, 0) is 35.2 Å². The third-order valence-electron chi connectivity index (χ3n) is 5.73. The number of nitrogens with zero attached hydrogens (tertiary/aromatic N) is 2. The molecule has 15 heteroatoms. The van der Waals surface area contributed by atoms with Gasteiger partial charge in [-0.1, -0.05) is 0 Å². The standard InChI is InChI=1S/C21H31N7O8/c22-12(3-6-17(30)31)20(34)28-7-1-2-15(28)19(33)27-14(8-11-9-24-10-25-11)18(32)26-13(21(35)36)4-5-16(23)29/h9-10,12-15H,1-8,22H2,(H2,23,29)(H,24,25)(H,26,32)(H,27,33)(H,30,31)(H,35,36). The van der Waals surface area contributed by atoms with Crippen molar-refractivity contribution in [1.82, 2.24) is 25.5 Å². The van der Waals surface area contributed by atoms with Crippen molar-refractivity contribution in [2.24, 2.45) is 11.5 Å². The third kappa shape index (κ3) is 8.33. The summed E-state index contributed by atoms with van der Waals surface area (Å²) < 4.78 is 0. The van der Waals surface area contributed by atoms with E-state index in [0.29, 0.717) is 18.5 Å². The monoisotopic (exact) mass is 509 g/mol. The number of aliphatic carboxylic acids is 2. The second-order valence-electron chi connectivity index (χ2n) is 8.48. The highest BCUT2D eigenvalue weighted by atomic mass is 16.4. The number of carboxylic acid groups (broad SMARTS) is 2. The summed E-state index contributed by atoms with van der Waals surface area (Å²) >= 11 is 0. The van der Waals surface area contributed by atoms with Crippen LogP contribution in [0.4, 0.5) is 0 Å². The zero-order valence-electron chi connectivity index (χ0n) is 19.5. The first-order chi connectivity index (χ1) is 17.0. The van der Waals surface area contributed by atoms with E-state index in [1.165, 1.54) is 17.4 Å². The van der Waals surface area contributed by atoms with Crippen molar-refractivity contribution in [3.05, 3.63) is 18.2 Å². The molecule has 1 aromatic rings. The Morgan fingerprint density at radius 2 is 1.83 bits per heavy atom. The first-order valence-corrected chi connectivity index (χ1v) is 11.4. The minimum atomic E-state index is -1.41. The highest BCUT2D eigenvalue weighted by Crippen LogP contribution is 2.19. The number of likely N-dealkylation sites (tertiary alicyclic amines) is 1. The molecular formula is C21H31N7O8. The van der Waals surface area contributed by atoms with Crippen LogP contribution in [0.3, 0.4) is 0 Å². The maximum atomic E-state index is 13.1. The molecule has 15 nitrogen and oxygen atoms in total. The van der Waals surface area contributed by atoms with Gasteiger partial charge in [0.15, 0.2) is 0 Å². The van der Waals surface area contributed by atoms with Crippen molar-refractivity contribution in [2.75, 3.05) is 6.54 Å². The molecule has 4 amide bonds. The van der Waals surface area contributed by atoms with E-state index >= 15 is 0 Å². The Bertz CT molecular complexity index is 967. The Morgan fingerprint density at radius 3 is 2.42 bits per heavy atom. The summed E-state index contributed by atoms with van der Waals surface area (Å²) in [5.41, 5.74) is 11.4. The van der Waals surface area contributed by atoms with Gasteiger partial charge in [0.25, 0.3) is 0 Å². The zero-order chi connectivity index (χ0) is 26.8. The lowest BCUT2D eigenvalue weighted by Gasteiger charge is -2.28. The van der Waals surface area contributed by atoms with Crippen molar-refractivity contribution in [1.29, 1.82) is 0 Å². The number of hydrogen-bond donors (Lipinski definition) is 7. The Labute approximate surface area is 206 Å². The van der Waals surface area contributed by atoms with Gasteiger partial charge in [-0.3, -0.25) is 24.0 Å². The SMILES string of the molecule is NC(=O)CCC(NC(=O)C(Cc1cnc[nH]1)NC(=O)C1CCCN1C(=O)C(N)CCC(=O)O)C(=O)O. The molecule has 36 heavy (non-hydrogen) atoms. The lowest BCUT2D eigenvalue weighted by molar-refractivity contribution is -0.143. The molecule has 2 heterocycles. The largest absolute Gasteiger partial charge is 0.481 e. The van der Waals surface area contributed by atoms with Crippen LogP contribution >= 0.6 is 0 Å². The molecule has 0 aromatic carbocycles. The first kappa shape index (κ1) is 28.2. The second-order valence-corrected chi connectivity index (χ2v) is 8.48. The number of hydrogen-bond acceptors (Lipinski definition) is 8. The van der Waals surface area contributed by atoms with E-state index in [1.54, 1.807) is 0 Å². The average molecular weight is 510 g/mol. The number of imidazole rings is 1. The number of aromatic nitrogens is 2. The first-order valence-electron chi connectivity index (χ1n) is 11.4. The van der Waals surface area contributed by atoms with Gasteiger partial charge < -0.3 is 42.2 Å². The van der Waals surface area contributed by atoms with Crippen LogP contribution in [0.25, 0.3) is 0 Å². The van der Waals surface area contributed by atoms with Crippen LogP contribution in [0.1, 0.15) is 44.2 Å². The fourth-order valence-electron chi connectivity index (χ4n) is 3.83. The summed E-state index contributed by atoms with van der Waals surface area (Å²) in [5.74, 6) is -5.23. The molecule has 2 rings (SSSR count). The molecule has 1 aromatic heterocycles. The number of nitrogens with one attached hydrogen (secondary N) is 3. The molecule has 9 N–H and O–H groups in total. The van der Waals surface area contributed by atoms with Gasteiger partial charge in [-0.25, -0.2) is 9.78 Å². The topological polar surface area (TPSA) is 251 Å². The fourth-order valence-corrected chi connectivity index (χ4v) is 3.83. The molecule has 0 aliphatic carbocycles. The van der Waals surface area contributed by atoms with E-state index in [1.807, 2.05) is 0 Å². The number of carboxylic acids is 2. The molecule has 0 bridgehead atoms. The Morgan fingerprint density at radius 1 is 1.11 bits per heavy atom. The van der Waals surface area contributed by atoms with Crippen LogP contribution in [-0.4, -0.2) is 91.4 Å². The molecule has 1 aliphatic heterocycles. The quantitative estimate of drug-likeness (QED) is 0.138. The summed E-state index contributed by atoms with van der Waals surface area (Å²) in [4.78, 5) is 80.1. The highest BCUT2D eigenvalue weighted by molar-refractivity contribution is 5.94. The van der Waals surface area contributed by atoms with Crippen LogP contribution in [0, 0.1) is 0 Å². The third-order valence-corrected chi connectivity index (χ3v) is 5.73. The van der Waals surface area contributed by atoms with Gasteiger partial charge in [-0.2, -0.15) is 0 Å². The van der Waals surface area contributed by atoms with E-state index in [0.717, 1.165) is 0 Å². The summed E-state index contributed by atoms with van der Waals surface area (Å²) in [7, 11) is 0. The molecule has 4 atom stereocenters.